The summed E-state index contributed by atoms with van der Waals surface area (Å²) in [4.78, 5) is 19.1. The van der Waals surface area contributed by atoms with Gasteiger partial charge in [-0.3, -0.25) is 4.79 Å². The quantitative estimate of drug-likeness (QED) is 0.654. The van der Waals surface area contributed by atoms with E-state index in [2.05, 4.69) is 15.3 Å². The van der Waals surface area contributed by atoms with Crippen LogP contribution in [0, 0.1) is 11.6 Å². The molecule has 0 radical (unpaired) electrons. The fraction of sp³-hybridized carbons (Fsp3) is 0. The van der Waals surface area contributed by atoms with Crippen molar-refractivity contribution in [3.8, 4) is 0 Å². The zero-order valence-electron chi connectivity index (χ0n) is 9.32. The molecule has 3 N–H and O–H groups in total. The van der Waals surface area contributed by atoms with E-state index in [1.807, 2.05) is 0 Å². The Kier molecular flexibility index (Phi) is 3.57. The number of nitrogen functional groups attached to an aromatic ring is 1. The number of aromatic nitrogens is 2. The lowest BCUT2D eigenvalue weighted by molar-refractivity contribution is 0.101. The maximum atomic E-state index is 13.6. The van der Waals surface area contributed by atoms with Crippen LogP contribution < -0.4 is 11.1 Å². The number of nitrogens with two attached hydrogens (primary N) is 1. The van der Waals surface area contributed by atoms with Gasteiger partial charge in [0, 0.05) is 6.07 Å². The predicted octanol–water partition coefficient (Wildman–Crippen LogP) is 2.24. The van der Waals surface area contributed by atoms with Gasteiger partial charge >= 0.3 is 0 Å². The third-order valence-electron chi connectivity index (χ3n) is 2.22. The Morgan fingerprint density at radius 3 is 2.74 bits per heavy atom. The van der Waals surface area contributed by atoms with Crippen molar-refractivity contribution in [1.82, 2.24) is 9.97 Å². The average Bonchev–Trinajstić information content (AvgIpc) is 2.34. The van der Waals surface area contributed by atoms with Crippen LogP contribution in [0.15, 0.2) is 24.5 Å². The maximum Gasteiger partial charge on any atom is 0.262 e. The van der Waals surface area contributed by atoms with Crippen molar-refractivity contribution >= 4 is 29.0 Å². The molecule has 0 aliphatic carbocycles. The van der Waals surface area contributed by atoms with E-state index in [0.29, 0.717) is 0 Å². The van der Waals surface area contributed by atoms with Crippen LogP contribution in [0.25, 0.3) is 0 Å². The molecule has 0 bridgehead atoms. The fourth-order valence-corrected chi connectivity index (χ4v) is 1.50. The lowest BCUT2D eigenvalue weighted by Gasteiger charge is -2.07. The second kappa shape index (κ2) is 5.15. The molecule has 0 atom stereocenters. The number of amides is 1. The Balaban J connectivity index is 2.33. The van der Waals surface area contributed by atoms with Gasteiger partial charge in [0.15, 0.2) is 5.82 Å². The van der Waals surface area contributed by atoms with Crippen molar-refractivity contribution in [1.29, 1.82) is 0 Å². The highest BCUT2D eigenvalue weighted by molar-refractivity contribution is 6.29. The number of carbonyl (C=O) groups is 1. The lowest BCUT2D eigenvalue weighted by atomic mass is 10.1. The molecule has 2 rings (SSSR count). The molecule has 0 aliphatic rings. The summed E-state index contributed by atoms with van der Waals surface area (Å²) in [5.41, 5.74) is 4.17. The summed E-state index contributed by atoms with van der Waals surface area (Å²) in [6, 6.07) is 3.17. The number of benzene rings is 1. The van der Waals surface area contributed by atoms with Crippen LogP contribution in [-0.4, -0.2) is 15.9 Å². The molecular weight excluding hydrogens is 278 g/mol. The number of rotatable bonds is 2. The van der Waals surface area contributed by atoms with Gasteiger partial charge in [0.2, 0.25) is 0 Å². The number of nitrogens with one attached hydrogen (secondary N) is 1. The van der Waals surface area contributed by atoms with E-state index < -0.39 is 23.1 Å². The van der Waals surface area contributed by atoms with Crippen LogP contribution >= 0.6 is 11.6 Å². The predicted molar refractivity (Wildman–Crippen MR) is 65.8 cm³/mol. The topological polar surface area (TPSA) is 80.9 Å². The maximum absolute atomic E-state index is 13.6. The van der Waals surface area contributed by atoms with Crippen LogP contribution in [0.4, 0.5) is 20.3 Å². The smallest absolute Gasteiger partial charge is 0.262 e. The van der Waals surface area contributed by atoms with Crippen LogP contribution in [0.1, 0.15) is 10.4 Å². The number of hydrogen-bond acceptors (Lipinski definition) is 4. The molecule has 8 heteroatoms. The molecule has 1 heterocycles. The molecule has 5 nitrogen and oxygen atoms in total. The monoisotopic (exact) mass is 284 g/mol. The first kappa shape index (κ1) is 13.2. The molecule has 0 fully saturated rings. The van der Waals surface area contributed by atoms with Gasteiger partial charge in [-0.15, -0.1) is 0 Å². The average molecular weight is 285 g/mol. The lowest BCUT2D eigenvalue weighted by Crippen LogP contribution is -2.17. The minimum absolute atomic E-state index is 0.0197. The zero-order chi connectivity index (χ0) is 14.0. The Morgan fingerprint density at radius 1 is 1.32 bits per heavy atom. The summed E-state index contributed by atoms with van der Waals surface area (Å²) in [6.07, 6.45) is 1.10. The number of anilines is 2. The zero-order valence-corrected chi connectivity index (χ0v) is 10.1. The molecule has 0 aliphatic heterocycles. The van der Waals surface area contributed by atoms with Crippen LogP contribution in [-0.2, 0) is 0 Å². The minimum Gasteiger partial charge on any atom is -0.396 e. The van der Waals surface area contributed by atoms with Gasteiger partial charge in [-0.05, 0) is 12.1 Å². The molecule has 19 heavy (non-hydrogen) atoms. The van der Waals surface area contributed by atoms with Gasteiger partial charge in [0.1, 0.15) is 28.7 Å². The highest BCUT2D eigenvalue weighted by Gasteiger charge is 2.20. The van der Waals surface area contributed by atoms with Gasteiger partial charge in [-0.1, -0.05) is 11.6 Å². The van der Waals surface area contributed by atoms with Gasteiger partial charge < -0.3 is 11.1 Å². The van der Waals surface area contributed by atoms with Gasteiger partial charge in [-0.2, -0.15) is 0 Å². The second-order valence-corrected chi connectivity index (χ2v) is 3.89. The van der Waals surface area contributed by atoms with Crippen molar-refractivity contribution < 1.29 is 13.6 Å². The number of nitrogens with zero attached hydrogens (tertiary/aromatic N) is 2. The third kappa shape index (κ3) is 2.76. The van der Waals surface area contributed by atoms with Crippen molar-refractivity contribution in [3.05, 3.63) is 46.9 Å². The molecule has 98 valence electrons. The summed E-state index contributed by atoms with van der Waals surface area (Å²) in [7, 11) is 0. The normalized spacial score (nSPS) is 10.3. The van der Waals surface area contributed by atoms with Crippen LogP contribution in [0.5, 0.6) is 0 Å². The molecular formula is C11H7ClF2N4O. The Bertz CT molecular complexity index is 651. The fourth-order valence-electron chi connectivity index (χ4n) is 1.36. The highest BCUT2D eigenvalue weighted by atomic mass is 35.5. The van der Waals surface area contributed by atoms with E-state index in [1.54, 1.807) is 0 Å². The van der Waals surface area contributed by atoms with Gasteiger partial charge in [0.25, 0.3) is 5.91 Å². The summed E-state index contributed by atoms with van der Waals surface area (Å²) in [5.74, 6) is -3.15. The first-order valence-electron chi connectivity index (χ1n) is 5.01. The summed E-state index contributed by atoms with van der Waals surface area (Å²) in [6.45, 7) is 0. The first-order valence-corrected chi connectivity index (χ1v) is 5.39. The van der Waals surface area contributed by atoms with Crippen molar-refractivity contribution in [2.45, 2.75) is 0 Å². The summed E-state index contributed by atoms with van der Waals surface area (Å²) < 4.78 is 27.1. The number of hydrogen-bond donors (Lipinski definition) is 2. The highest BCUT2D eigenvalue weighted by Crippen LogP contribution is 2.20. The SMILES string of the molecule is Nc1ccc(F)c(C(=O)Nc2cc(Cl)ncn2)c1F. The van der Waals surface area contributed by atoms with Crippen molar-refractivity contribution in [3.63, 3.8) is 0 Å². The Hall–Kier alpha value is -2.28. The second-order valence-electron chi connectivity index (χ2n) is 3.51. The van der Waals surface area contributed by atoms with E-state index in [4.69, 9.17) is 17.3 Å². The van der Waals surface area contributed by atoms with E-state index in [9.17, 15) is 13.6 Å². The minimum atomic E-state index is -1.13. The summed E-state index contributed by atoms with van der Waals surface area (Å²) in [5, 5.41) is 2.28. The molecule has 0 unspecified atom stereocenters. The number of halogens is 3. The first-order chi connectivity index (χ1) is 8.99. The molecule has 1 aromatic carbocycles. The molecule has 0 spiro atoms. The van der Waals surface area contributed by atoms with E-state index in [0.717, 1.165) is 18.5 Å². The van der Waals surface area contributed by atoms with E-state index in [-0.39, 0.29) is 16.7 Å². The molecule has 0 saturated carbocycles. The van der Waals surface area contributed by atoms with Crippen molar-refractivity contribution in [2.24, 2.45) is 0 Å². The van der Waals surface area contributed by atoms with Gasteiger partial charge in [0.05, 0.1) is 5.69 Å². The van der Waals surface area contributed by atoms with Crippen LogP contribution in [0.2, 0.25) is 5.15 Å². The van der Waals surface area contributed by atoms with Gasteiger partial charge in [-0.25, -0.2) is 18.7 Å². The summed E-state index contributed by atoms with van der Waals surface area (Å²) >= 11 is 5.59. The molecule has 1 aromatic heterocycles. The van der Waals surface area contributed by atoms with Crippen LogP contribution in [0.3, 0.4) is 0 Å². The van der Waals surface area contributed by atoms with E-state index in [1.165, 1.54) is 6.07 Å². The van der Waals surface area contributed by atoms with E-state index >= 15 is 0 Å². The number of carbonyl (C=O) groups excluding carboxylic acids is 1. The molecule has 2 aromatic rings. The molecule has 0 saturated heterocycles. The Labute approximate surface area is 111 Å². The third-order valence-corrected chi connectivity index (χ3v) is 2.43. The van der Waals surface area contributed by atoms with Crippen molar-refractivity contribution in [2.75, 3.05) is 11.1 Å². The standard InChI is InChI=1S/C11H7ClF2N4O/c12-7-3-8(17-4-16-7)18-11(19)9-5(13)1-2-6(15)10(9)14/h1-4H,15H2,(H,16,17,18,19). The largest absolute Gasteiger partial charge is 0.396 e. The Morgan fingerprint density at radius 2 is 2.05 bits per heavy atom. The molecule has 1 amide bonds.